The lowest BCUT2D eigenvalue weighted by Crippen LogP contribution is -2.35. The van der Waals surface area contributed by atoms with Gasteiger partial charge >= 0.3 is 0 Å². The summed E-state index contributed by atoms with van der Waals surface area (Å²) in [6, 6.07) is 9.21. The van der Waals surface area contributed by atoms with Gasteiger partial charge in [-0.3, -0.25) is 9.78 Å². The minimum Gasteiger partial charge on any atom is -0.496 e. The van der Waals surface area contributed by atoms with Gasteiger partial charge in [0, 0.05) is 25.0 Å². The van der Waals surface area contributed by atoms with Crippen molar-refractivity contribution in [3.8, 4) is 5.75 Å². The van der Waals surface area contributed by atoms with Crippen LogP contribution in [0, 0.1) is 0 Å². The summed E-state index contributed by atoms with van der Waals surface area (Å²) in [6.45, 7) is 0.661. The zero-order chi connectivity index (χ0) is 19.3. The first-order valence-corrected chi connectivity index (χ1v) is 10.6. The molecule has 1 aromatic heterocycles. The predicted molar refractivity (Wildman–Crippen MR) is 104 cm³/mol. The number of benzene rings is 1. The number of sulfone groups is 1. The summed E-state index contributed by atoms with van der Waals surface area (Å²) in [4.78, 5) is 16.5. The van der Waals surface area contributed by atoms with Gasteiger partial charge in [0.2, 0.25) is 0 Å². The Labute approximate surface area is 159 Å². The fraction of sp³-hybridized carbons (Fsp3) is 0.368. The van der Waals surface area contributed by atoms with Gasteiger partial charge in [0.1, 0.15) is 5.75 Å². The maximum Gasteiger partial charge on any atom is 0.253 e. The summed E-state index contributed by atoms with van der Waals surface area (Å²) < 4.78 is 28.4. The minimum absolute atomic E-state index is 0.00299. The molecule has 1 atom stereocenters. The summed E-state index contributed by atoms with van der Waals surface area (Å²) >= 11 is 0. The number of anilines is 1. The lowest BCUT2D eigenvalue weighted by Gasteiger charge is -2.12. The zero-order valence-electron chi connectivity index (χ0n) is 15.1. The Morgan fingerprint density at radius 1 is 1.30 bits per heavy atom. The highest BCUT2D eigenvalue weighted by Crippen LogP contribution is 2.18. The van der Waals surface area contributed by atoms with E-state index in [4.69, 9.17) is 4.74 Å². The maximum absolute atomic E-state index is 12.4. The molecule has 2 N–H and O–H groups in total. The van der Waals surface area contributed by atoms with Crippen molar-refractivity contribution in [3.05, 3.63) is 53.9 Å². The Kier molecular flexibility index (Phi) is 5.95. The number of pyridine rings is 1. The van der Waals surface area contributed by atoms with E-state index in [1.165, 1.54) is 6.20 Å². The Hall–Kier alpha value is -2.61. The SMILES string of the molecule is COc1ccccc1CCNc1cncc(C(=O)NC2CCS(=O)(=O)C2)c1. The number of methoxy groups -OCH3 is 1. The van der Waals surface area contributed by atoms with Crippen molar-refractivity contribution >= 4 is 21.4 Å². The van der Waals surface area contributed by atoms with Gasteiger partial charge in [0.05, 0.1) is 29.9 Å². The number of carbonyl (C=O) groups is 1. The molecule has 0 saturated carbocycles. The van der Waals surface area contributed by atoms with E-state index in [2.05, 4.69) is 15.6 Å². The molecule has 0 spiro atoms. The molecule has 0 radical (unpaired) electrons. The largest absolute Gasteiger partial charge is 0.496 e. The van der Waals surface area contributed by atoms with Crippen molar-refractivity contribution in [2.75, 3.05) is 30.5 Å². The molecule has 7 nitrogen and oxygen atoms in total. The fourth-order valence-electron chi connectivity index (χ4n) is 3.09. The van der Waals surface area contributed by atoms with Crippen molar-refractivity contribution in [1.29, 1.82) is 0 Å². The Morgan fingerprint density at radius 3 is 2.85 bits per heavy atom. The molecule has 1 aliphatic rings. The number of nitrogens with zero attached hydrogens (tertiary/aromatic N) is 1. The lowest BCUT2D eigenvalue weighted by molar-refractivity contribution is 0.0941. The molecule has 2 aromatic rings. The zero-order valence-corrected chi connectivity index (χ0v) is 16.0. The molecular weight excluding hydrogens is 366 g/mol. The number of aromatic nitrogens is 1. The van der Waals surface area contributed by atoms with Crippen molar-refractivity contribution in [3.63, 3.8) is 0 Å². The third-order valence-corrected chi connectivity index (χ3v) is 6.25. The summed E-state index contributed by atoms with van der Waals surface area (Å²) in [5.41, 5.74) is 2.23. The lowest BCUT2D eigenvalue weighted by atomic mass is 10.1. The first-order valence-electron chi connectivity index (χ1n) is 8.79. The molecule has 1 aliphatic heterocycles. The van der Waals surface area contributed by atoms with Gasteiger partial charge in [-0.25, -0.2) is 8.42 Å². The van der Waals surface area contributed by atoms with E-state index in [1.54, 1.807) is 19.4 Å². The van der Waals surface area contributed by atoms with Crippen LogP contribution >= 0.6 is 0 Å². The van der Waals surface area contributed by atoms with Gasteiger partial charge < -0.3 is 15.4 Å². The van der Waals surface area contributed by atoms with Crippen LogP contribution in [0.2, 0.25) is 0 Å². The van der Waals surface area contributed by atoms with Gasteiger partial charge in [-0.15, -0.1) is 0 Å². The Morgan fingerprint density at radius 2 is 2.11 bits per heavy atom. The maximum atomic E-state index is 12.4. The average molecular weight is 389 g/mol. The number of carbonyl (C=O) groups excluding carboxylic acids is 1. The van der Waals surface area contributed by atoms with Crippen LogP contribution in [-0.4, -0.2) is 50.5 Å². The smallest absolute Gasteiger partial charge is 0.253 e. The first-order chi connectivity index (χ1) is 13.0. The van der Waals surface area contributed by atoms with Crippen LogP contribution in [0.25, 0.3) is 0 Å². The van der Waals surface area contributed by atoms with Gasteiger partial charge in [-0.05, 0) is 30.5 Å². The van der Waals surface area contributed by atoms with Gasteiger partial charge in [-0.2, -0.15) is 0 Å². The fourth-order valence-corrected chi connectivity index (χ4v) is 4.76. The van der Waals surface area contributed by atoms with Crippen LogP contribution in [0.15, 0.2) is 42.7 Å². The topological polar surface area (TPSA) is 97.4 Å². The highest BCUT2D eigenvalue weighted by atomic mass is 32.2. The van der Waals surface area contributed by atoms with Crippen LogP contribution in [-0.2, 0) is 16.3 Å². The molecule has 1 aromatic carbocycles. The van der Waals surface area contributed by atoms with Crippen LogP contribution in [0.1, 0.15) is 22.3 Å². The van der Waals surface area contributed by atoms with Gasteiger partial charge in [-0.1, -0.05) is 18.2 Å². The first kappa shape index (κ1) is 19.2. The molecule has 27 heavy (non-hydrogen) atoms. The molecule has 1 unspecified atom stereocenters. The summed E-state index contributed by atoms with van der Waals surface area (Å²) in [6.07, 6.45) is 4.35. The van der Waals surface area contributed by atoms with Crippen LogP contribution in [0.3, 0.4) is 0 Å². The van der Waals surface area contributed by atoms with E-state index >= 15 is 0 Å². The van der Waals surface area contributed by atoms with Crippen molar-refractivity contribution < 1.29 is 17.9 Å². The standard InChI is InChI=1S/C19H23N3O4S/c1-26-18-5-3-2-4-14(18)6-8-21-17-10-15(11-20-12-17)19(23)22-16-7-9-27(24,25)13-16/h2-5,10-12,16,21H,6-9,13H2,1H3,(H,22,23). The molecule has 144 valence electrons. The van der Waals surface area contributed by atoms with E-state index in [0.717, 1.165) is 23.4 Å². The van der Waals surface area contributed by atoms with Crippen LogP contribution in [0.4, 0.5) is 5.69 Å². The molecule has 1 saturated heterocycles. The minimum atomic E-state index is -3.03. The monoisotopic (exact) mass is 389 g/mol. The number of rotatable bonds is 7. The second-order valence-electron chi connectivity index (χ2n) is 6.52. The second-order valence-corrected chi connectivity index (χ2v) is 8.75. The summed E-state index contributed by atoms with van der Waals surface area (Å²) in [5.74, 6) is 0.666. The van der Waals surface area contributed by atoms with Crippen LogP contribution in [0.5, 0.6) is 5.75 Å². The normalized spacial score (nSPS) is 18.0. The van der Waals surface area contributed by atoms with Gasteiger partial charge in [0.15, 0.2) is 9.84 Å². The molecule has 1 fully saturated rings. The highest BCUT2D eigenvalue weighted by molar-refractivity contribution is 7.91. The van der Waals surface area contributed by atoms with E-state index in [0.29, 0.717) is 18.5 Å². The third kappa shape index (κ3) is 5.19. The van der Waals surface area contributed by atoms with E-state index in [9.17, 15) is 13.2 Å². The number of amides is 1. The van der Waals surface area contributed by atoms with Crippen molar-refractivity contribution in [1.82, 2.24) is 10.3 Å². The highest BCUT2D eigenvalue weighted by Gasteiger charge is 2.29. The Balaban J connectivity index is 1.56. The summed E-state index contributed by atoms with van der Waals surface area (Å²) in [5, 5.41) is 6.03. The van der Waals surface area contributed by atoms with Gasteiger partial charge in [0.25, 0.3) is 5.91 Å². The van der Waals surface area contributed by atoms with Crippen LogP contribution < -0.4 is 15.4 Å². The van der Waals surface area contributed by atoms with Crippen molar-refractivity contribution in [2.45, 2.75) is 18.9 Å². The molecule has 2 heterocycles. The third-order valence-electron chi connectivity index (χ3n) is 4.48. The number of ether oxygens (including phenoxy) is 1. The molecule has 0 bridgehead atoms. The van der Waals surface area contributed by atoms with E-state index in [-0.39, 0.29) is 23.5 Å². The van der Waals surface area contributed by atoms with Crippen molar-refractivity contribution in [2.24, 2.45) is 0 Å². The quantitative estimate of drug-likeness (QED) is 0.748. The number of nitrogens with one attached hydrogen (secondary N) is 2. The molecule has 1 amide bonds. The number of hydrogen-bond acceptors (Lipinski definition) is 6. The second kappa shape index (κ2) is 8.39. The van der Waals surface area contributed by atoms with E-state index < -0.39 is 9.84 Å². The number of hydrogen-bond donors (Lipinski definition) is 2. The average Bonchev–Trinajstić information content (AvgIpc) is 3.00. The molecule has 8 heteroatoms. The molecular formula is C19H23N3O4S. The predicted octanol–water partition coefficient (Wildman–Crippen LogP) is 1.66. The summed E-state index contributed by atoms with van der Waals surface area (Å²) in [7, 11) is -1.38. The molecule has 3 rings (SSSR count). The number of para-hydroxylation sites is 1. The Bertz CT molecular complexity index is 915. The van der Waals surface area contributed by atoms with E-state index in [1.807, 2.05) is 24.3 Å². The molecule has 0 aliphatic carbocycles.